The molecule has 0 saturated heterocycles. The van der Waals surface area contributed by atoms with E-state index in [-0.39, 0.29) is 11.9 Å². The van der Waals surface area contributed by atoms with Gasteiger partial charge in [0.1, 0.15) is 11.9 Å². The average Bonchev–Trinajstić information content (AvgIpc) is 2.62. The third kappa shape index (κ3) is 5.67. The van der Waals surface area contributed by atoms with Gasteiger partial charge in [0.15, 0.2) is 0 Å². The number of aliphatic hydroxyl groups is 1. The number of hydrogen-bond donors (Lipinski definition) is 2. The smallest absolute Gasteiger partial charge is 0.333 e. The van der Waals surface area contributed by atoms with Gasteiger partial charge in [-0.15, -0.1) is 0 Å². The van der Waals surface area contributed by atoms with Gasteiger partial charge in [-0.3, -0.25) is 0 Å². The maximum Gasteiger partial charge on any atom is 0.333 e. The first-order valence-corrected chi connectivity index (χ1v) is 9.22. The van der Waals surface area contributed by atoms with E-state index in [0.717, 1.165) is 3.57 Å². The predicted molar refractivity (Wildman–Crippen MR) is 103 cm³/mol. The number of ether oxygens (including phenoxy) is 3. The monoisotopic (exact) mass is 461 g/mol. The molecule has 0 aliphatic heterocycles. The maximum atomic E-state index is 12.0. The van der Waals surface area contributed by atoms with Crippen LogP contribution in [0, 0.1) is 9.49 Å². The van der Waals surface area contributed by atoms with E-state index in [9.17, 15) is 9.90 Å². The number of aliphatic hydroxyl groups excluding tert-OH is 1. The minimum atomic E-state index is -0.723. The fourth-order valence-corrected chi connectivity index (χ4v) is 3.28. The van der Waals surface area contributed by atoms with E-state index in [1.54, 1.807) is 13.2 Å². The highest BCUT2D eigenvalue weighted by molar-refractivity contribution is 14.1. The maximum absolute atomic E-state index is 12.0. The van der Waals surface area contributed by atoms with Gasteiger partial charge in [-0.05, 0) is 47.2 Å². The van der Waals surface area contributed by atoms with Crippen molar-refractivity contribution >= 4 is 28.6 Å². The molecule has 1 aliphatic carbocycles. The van der Waals surface area contributed by atoms with Crippen LogP contribution < -0.4 is 10.1 Å². The molecule has 3 atom stereocenters. The predicted octanol–water partition coefficient (Wildman–Crippen LogP) is 1.75. The Hall–Kier alpha value is -1.16. The van der Waals surface area contributed by atoms with Gasteiger partial charge >= 0.3 is 5.97 Å². The fraction of sp³-hybridized carbons (Fsp3) is 0.500. The Kier molecular flexibility index (Phi) is 8.14. The number of halogens is 1. The van der Waals surface area contributed by atoms with Gasteiger partial charge in [0.2, 0.25) is 0 Å². The van der Waals surface area contributed by atoms with Crippen molar-refractivity contribution in [1.29, 1.82) is 0 Å². The Balaban J connectivity index is 2.14. The number of para-hydroxylation sites is 1. The summed E-state index contributed by atoms with van der Waals surface area (Å²) in [5.41, 5.74) is 0.530. The highest BCUT2D eigenvalue weighted by atomic mass is 127. The van der Waals surface area contributed by atoms with Crippen molar-refractivity contribution in [3.63, 3.8) is 0 Å². The number of carbonyl (C=O) groups excluding carboxylic acids is 1. The van der Waals surface area contributed by atoms with Crippen molar-refractivity contribution < 1.29 is 24.1 Å². The molecule has 2 N–H and O–H groups in total. The first-order valence-electron chi connectivity index (χ1n) is 8.14. The molecule has 1 aromatic carbocycles. The Morgan fingerprint density at radius 1 is 1.36 bits per heavy atom. The molecule has 7 heteroatoms. The van der Waals surface area contributed by atoms with Gasteiger partial charge in [-0.25, -0.2) is 4.79 Å². The summed E-state index contributed by atoms with van der Waals surface area (Å²) in [5.74, 6) is 0.146. The summed E-state index contributed by atoms with van der Waals surface area (Å²) >= 11 is 2.18. The van der Waals surface area contributed by atoms with Gasteiger partial charge in [-0.1, -0.05) is 12.1 Å². The van der Waals surface area contributed by atoms with E-state index in [1.165, 1.54) is 7.11 Å². The standard InChI is InChI=1S/C18H24INO5/c1-23-8-7-20-11-13-9-12(18(22)24-2)10-16(17(13)21)25-15-6-4-3-5-14(15)19/h3-6,10,13,16-17,20-21H,7-9,11H2,1-2H3/t13-,16-,17-/m0/s1. The summed E-state index contributed by atoms with van der Waals surface area (Å²) in [4.78, 5) is 12.0. The van der Waals surface area contributed by atoms with Gasteiger partial charge in [0, 0.05) is 31.7 Å². The summed E-state index contributed by atoms with van der Waals surface area (Å²) in [6, 6.07) is 7.58. The number of methoxy groups -OCH3 is 2. The van der Waals surface area contributed by atoms with Gasteiger partial charge < -0.3 is 24.6 Å². The van der Waals surface area contributed by atoms with Crippen molar-refractivity contribution in [2.45, 2.75) is 18.6 Å². The quantitative estimate of drug-likeness (QED) is 0.349. The van der Waals surface area contributed by atoms with Crippen LogP contribution in [0.15, 0.2) is 35.9 Å². The molecule has 138 valence electrons. The molecule has 0 fully saturated rings. The normalized spacial score (nSPS) is 23.0. The zero-order valence-electron chi connectivity index (χ0n) is 14.4. The van der Waals surface area contributed by atoms with Gasteiger partial charge in [-0.2, -0.15) is 0 Å². The molecule has 1 aliphatic rings. The second-order valence-electron chi connectivity index (χ2n) is 5.85. The summed E-state index contributed by atoms with van der Waals surface area (Å²) in [5, 5.41) is 14.0. The van der Waals surface area contributed by atoms with Crippen LogP contribution in [0.25, 0.3) is 0 Å². The van der Waals surface area contributed by atoms with Crippen LogP contribution in [0.4, 0.5) is 0 Å². The Morgan fingerprint density at radius 2 is 2.12 bits per heavy atom. The molecule has 2 rings (SSSR count). The minimum absolute atomic E-state index is 0.151. The topological polar surface area (TPSA) is 77.0 Å². The Morgan fingerprint density at radius 3 is 2.80 bits per heavy atom. The van der Waals surface area contributed by atoms with Crippen LogP contribution in [0.1, 0.15) is 6.42 Å². The molecule has 25 heavy (non-hydrogen) atoms. The second kappa shape index (κ2) is 10.1. The third-order valence-electron chi connectivity index (χ3n) is 4.10. The molecule has 0 heterocycles. The molecular weight excluding hydrogens is 437 g/mol. The Bertz CT molecular complexity index is 607. The summed E-state index contributed by atoms with van der Waals surface area (Å²) in [7, 11) is 3.00. The zero-order chi connectivity index (χ0) is 18.2. The summed E-state index contributed by atoms with van der Waals surface area (Å²) < 4.78 is 16.8. The molecule has 0 unspecified atom stereocenters. The average molecular weight is 461 g/mol. The first-order chi connectivity index (χ1) is 12.1. The zero-order valence-corrected chi connectivity index (χ0v) is 16.6. The minimum Gasteiger partial charge on any atom is -0.482 e. The molecule has 6 nitrogen and oxygen atoms in total. The number of hydrogen-bond acceptors (Lipinski definition) is 6. The SMILES string of the molecule is COCCNC[C@@H]1CC(C(=O)OC)=C[C@H](Oc2ccccc2I)[C@H]1O. The first kappa shape index (κ1) is 20.2. The largest absolute Gasteiger partial charge is 0.482 e. The van der Waals surface area contributed by atoms with Crippen molar-refractivity contribution in [2.24, 2.45) is 5.92 Å². The Labute approximate surface area is 161 Å². The van der Waals surface area contributed by atoms with E-state index in [4.69, 9.17) is 14.2 Å². The number of carbonyl (C=O) groups is 1. The number of esters is 1. The number of nitrogens with one attached hydrogen (secondary N) is 1. The van der Waals surface area contributed by atoms with E-state index >= 15 is 0 Å². The molecule has 1 aromatic rings. The lowest BCUT2D eigenvalue weighted by molar-refractivity contribution is -0.137. The fourth-order valence-electron chi connectivity index (χ4n) is 2.76. The molecule has 0 amide bonds. The third-order valence-corrected chi connectivity index (χ3v) is 5.00. The molecule has 0 radical (unpaired) electrons. The van der Waals surface area contributed by atoms with Crippen molar-refractivity contribution in [3.8, 4) is 5.75 Å². The molecule has 0 spiro atoms. The van der Waals surface area contributed by atoms with Gasteiger partial charge in [0.05, 0.1) is 23.4 Å². The van der Waals surface area contributed by atoms with Crippen LogP contribution in [0.3, 0.4) is 0 Å². The molecule has 0 aromatic heterocycles. The molecular formula is C18H24INO5. The number of rotatable bonds is 8. The summed E-state index contributed by atoms with van der Waals surface area (Å²) in [6.45, 7) is 1.83. The highest BCUT2D eigenvalue weighted by Gasteiger charge is 2.35. The van der Waals surface area contributed by atoms with Crippen LogP contribution in [-0.4, -0.2) is 57.2 Å². The van der Waals surface area contributed by atoms with Crippen LogP contribution in [0.2, 0.25) is 0 Å². The lowest BCUT2D eigenvalue weighted by Crippen LogP contribution is -2.45. The van der Waals surface area contributed by atoms with E-state index in [0.29, 0.717) is 37.4 Å². The molecule has 0 bridgehead atoms. The van der Waals surface area contributed by atoms with Crippen LogP contribution in [-0.2, 0) is 14.3 Å². The van der Waals surface area contributed by atoms with Crippen LogP contribution in [0.5, 0.6) is 5.75 Å². The van der Waals surface area contributed by atoms with Crippen molar-refractivity contribution in [2.75, 3.05) is 33.9 Å². The number of benzene rings is 1. The lowest BCUT2D eigenvalue weighted by atomic mass is 9.84. The highest BCUT2D eigenvalue weighted by Crippen LogP contribution is 2.30. The van der Waals surface area contributed by atoms with Gasteiger partial charge in [0.25, 0.3) is 0 Å². The van der Waals surface area contributed by atoms with E-state index < -0.39 is 12.2 Å². The second-order valence-corrected chi connectivity index (χ2v) is 7.01. The summed E-state index contributed by atoms with van der Waals surface area (Å²) in [6.07, 6.45) is 0.789. The van der Waals surface area contributed by atoms with Crippen LogP contribution >= 0.6 is 22.6 Å². The van der Waals surface area contributed by atoms with E-state index in [2.05, 4.69) is 27.9 Å². The van der Waals surface area contributed by atoms with E-state index in [1.807, 2.05) is 24.3 Å². The molecule has 0 saturated carbocycles. The van der Waals surface area contributed by atoms with Crippen molar-refractivity contribution in [1.82, 2.24) is 5.32 Å². The lowest BCUT2D eigenvalue weighted by Gasteiger charge is -2.33. The van der Waals surface area contributed by atoms with Crippen molar-refractivity contribution in [3.05, 3.63) is 39.5 Å².